The van der Waals surface area contributed by atoms with E-state index < -0.39 is 15.8 Å². The van der Waals surface area contributed by atoms with Crippen LogP contribution in [0.15, 0.2) is 30.6 Å². The first-order chi connectivity index (χ1) is 13.2. The minimum absolute atomic E-state index is 0.00848. The molecule has 2 unspecified atom stereocenters. The van der Waals surface area contributed by atoms with Gasteiger partial charge in [0.25, 0.3) is 5.91 Å². The molecule has 2 N–H and O–H groups in total. The Labute approximate surface area is 163 Å². The number of carbonyl (C=O) groups excluding carboxylic acids is 2. The highest BCUT2D eigenvalue weighted by molar-refractivity contribution is 7.92. The summed E-state index contributed by atoms with van der Waals surface area (Å²) >= 11 is 0. The van der Waals surface area contributed by atoms with Gasteiger partial charge < -0.3 is 10.6 Å². The Bertz CT molecular complexity index is 1030. The number of aromatic nitrogens is 2. The smallest absolute Gasteiger partial charge is 0.253 e. The number of carbonyl (C=O) groups is 2. The summed E-state index contributed by atoms with van der Waals surface area (Å²) in [4.78, 5) is 24.8. The second kappa shape index (κ2) is 6.58. The van der Waals surface area contributed by atoms with Crippen LogP contribution in [0, 0.1) is 17.3 Å². The van der Waals surface area contributed by atoms with Crippen LogP contribution in [-0.4, -0.2) is 53.9 Å². The fourth-order valence-corrected chi connectivity index (χ4v) is 5.50. The maximum atomic E-state index is 12.7. The van der Waals surface area contributed by atoms with Gasteiger partial charge in [0.05, 0.1) is 34.7 Å². The molecule has 8 nitrogen and oxygen atoms in total. The molecule has 0 radical (unpaired) electrons. The molecular formula is C19H24N4O4S. The third-order valence-corrected chi connectivity index (χ3v) is 8.08. The maximum absolute atomic E-state index is 12.7. The Morgan fingerprint density at radius 3 is 2.71 bits per heavy atom. The molecule has 2 aliphatic rings. The molecule has 4 rings (SSSR count). The molecule has 2 atom stereocenters. The molecule has 2 amide bonds. The van der Waals surface area contributed by atoms with Crippen molar-refractivity contribution in [2.45, 2.75) is 26.3 Å². The third kappa shape index (κ3) is 3.28. The second-order valence-corrected chi connectivity index (χ2v) is 10.5. The molecule has 0 aromatic carbocycles. The zero-order valence-electron chi connectivity index (χ0n) is 15.9. The zero-order chi connectivity index (χ0) is 20.1. The summed E-state index contributed by atoms with van der Waals surface area (Å²) in [5, 5.41) is 10.1. The van der Waals surface area contributed by atoms with Crippen LogP contribution in [0.1, 0.15) is 30.6 Å². The van der Waals surface area contributed by atoms with Crippen LogP contribution >= 0.6 is 0 Å². The lowest BCUT2D eigenvalue weighted by Crippen LogP contribution is -2.61. The second-order valence-electron chi connectivity index (χ2n) is 8.38. The molecule has 1 saturated carbocycles. The molecule has 1 aliphatic carbocycles. The van der Waals surface area contributed by atoms with E-state index in [9.17, 15) is 18.0 Å². The van der Waals surface area contributed by atoms with Gasteiger partial charge in [0.1, 0.15) is 0 Å². The van der Waals surface area contributed by atoms with Crippen LogP contribution < -0.4 is 10.6 Å². The predicted molar refractivity (Wildman–Crippen MR) is 103 cm³/mol. The van der Waals surface area contributed by atoms with E-state index in [0.717, 1.165) is 11.9 Å². The predicted octanol–water partition coefficient (Wildman–Crippen LogP) is 0.640. The molecule has 3 heterocycles. The van der Waals surface area contributed by atoms with Gasteiger partial charge in [-0.05, 0) is 36.0 Å². The highest BCUT2D eigenvalue weighted by Crippen LogP contribution is 2.46. The van der Waals surface area contributed by atoms with Gasteiger partial charge >= 0.3 is 0 Å². The van der Waals surface area contributed by atoms with E-state index in [0.29, 0.717) is 12.1 Å². The first-order valence-corrected chi connectivity index (χ1v) is 11.2. The summed E-state index contributed by atoms with van der Waals surface area (Å²) in [7, 11) is -3.00. The Kier molecular flexibility index (Phi) is 4.45. The van der Waals surface area contributed by atoms with Gasteiger partial charge in [-0.3, -0.25) is 9.59 Å². The van der Waals surface area contributed by atoms with Crippen molar-refractivity contribution in [3.8, 4) is 0 Å². The number of nitrogens with one attached hydrogen (secondary N) is 2. The van der Waals surface area contributed by atoms with E-state index in [1.807, 2.05) is 0 Å². The van der Waals surface area contributed by atoms with Crippen molar-refractivity contribution in [2.75, 3.05) is 18.1 Å². The highest BCUT2D eigenvalue weighted by Gasteiger charge is 2.49. The number of amides is 2. The first kappa shape index (κ1) is 18.9. The SMILES string of the molecule is CC1(C)C(CNC(=O)C2CS(=O)(=O)C2)CC1NC(=O)c1cccn2nccc12. The van der Waals surface area contributed by atoms with Crippen LogP contribution in [0.25, 0.3) is 5.52 Å². The fraction of sp³-hybridized carbons (Fsp3) is 0.526. The largest absolute Gasteiger partial charge is 0.356 e. The van der Waals surface area contributed by atoms with Crippen molar-refractivity contribution in [2.24, 2.45) is 17.3 Å². The molecule has 9 heteroatoms. The average Bonchev–Trinajstić information content (AvgIpc) is 3.10. The molecule has 2 aromatic heterocycles. The van der Waals surface area contributed by atoms with Gasteiger partial charge in [-0.2, -0.15) is 5.10 Å². The van der Waals surface area contributed by atoms with E-state index in [-0.39, 0.29) is 40.7 Å². The Balaban J connectivity index is 1.32. The van der Waals surface area contributed by atoms with Gasteiger partial charge in [0.15, 0.2) is 9.84 Å². The first-order valence-electron chi connectivity index (χ1n) is 9.39. The Hall–Kier alpha value is -2.42. The number of nitrogens with zero attached hydrogens (tertiary/aromatic N) is 2. The van der Waals surface area contributed by atoms with Gasteiger partial charge in [0, 0.05) is 18.8 Å². The van der Waals surface area contributed by atoms with E-state index in [1.165, 1.54) is 0 Å². The van der Waals surface area contributed by atoms with Gasteiger partial charge in [-0.1, -0.05) is 13.8 Å². The zero-order valence-corrected chi connectivity index (χ0v) is 16.7. The molecule has 0 bridgehead atoms. The lowest BCUT2D eigenvalue weighted by atomic mass is 9.58. The number of hydrogen-bond donors (Lipinski definition) is 2. The molecule has 28 heavy (non-hydrogen) atoms. The third-order valence-electron chi connectivity index (χ3n) is 6.26. The average molecular weight is 404 g/mol. The van der Waals surface area contributed by atoms with Crippen LogP contribution in [0.2, 0.25) is 0 Å². The summed E-state index contributed by atoms with van der Waals surface area (Å²) in [5.41, 5.74) is 1.18. The van der Waals surface area contributed by atoms with Crippen molar-refractivity contribution in [3.63, 3.8) is 0 Å². The van der Waals surface area contributed by atoms with Gasteiger partial charge in [-0.15, -0.1) is 0 Å². The number of rotatable bonds is 5. The summed E-state index contributed by atoms with van der Waals surface area (Å²) in [6.45, 7) is 4.64. The van der Waals surface area contributed by atoms with E-state index in [4.69, 9.17) is 0 Å². The monoisotopic (exact) mass is 404 g/mol. The van der Waals surface area contributed by atoms with Crippen molar-refractivity contribution < 1.29 is 18.0 Å². The number of fused-ring (bicyclic) bond motifs is 1. The summed E-state index contributed by atoms with van der Waals surface area (Å²) in [6.07, 6.45) is 4.22. The number of hydrogen-bond acceptors (Lipinski definition) is 5. The molecule has 2 fully saturated rings. The van der Waals surface area contributed by atoms with Crippen LogP contribution in [0.5, 0.6) is 0 Å². The van der Waals surface area contributed by atoms with E-state index in [1.54, 1.807) is 35.1 Å². The molecule has 2 aromatic rings. The lowest BCUT2D eigenvalue weighted by molar-refractivity contribution is -0.125. The van der Waals surface area contributed by atoms with E-state index in [2.05, 4.69) is 29.6 Å². The Morgan fingerprint density at radius 1 is 1.29 bits per heavy atom. The molecule has 150 valence electrons. The number of pyridine rings is 1. The summed E-state index contributed by atoms with van der Waals surface area (Å²) in [6, 6.07) is 5.39. The molecule has 1 aliphatic heterocycles. The van der Waals surface area contributed by atoms with Crippen LogP contribution in [0.4, 0.5) is 0 Å². The molecule has 1 saturated heterocycles. The van der Waals surface area contributed by atoms with E-state index >= 15 is 0 Å². The number of sulfone groups is 1. The topological polar surface area (TPSA) is 110 Å². The normalized spacial score (nSPS) is 25.5. The van der Waals surface area contributed by atoms with Crippen molar-refractivity contribution in [3.05, 3.63) is 36.2 Å². The van der Waals surface area contributed by atoms with Crippen LogP contribution in [0.3, 0.4) is 0 Å². The van der Waals surface area contributed by atoms with Crippen molar-refractivity contribution in [1.82, 2.24) is 20.2 Å². The maximum Gasteiger partial charge on any atom is 0.253 e. The standard InChI is InChI=1S/C19H24N4O4S/c1-19(2)13(9-20-17(24)12-10-28(26,27)11-12)8-16(19)22-18(25)14-4-3-7-23-15(14)5-6-21-23/h3-7,12-13,16H,8-11H2,1-2H3,(H,20,24)(H,22,25). The summed E-state index contributed by atoms with van der Waals surface area (Å²) < 4.78 is 24.1. The highest BCUT2D eigenvalue weighted by atomic mass is 32.2. The lowest BCUT2D eigenvalue weighted by Gasteiger charge is -2.52. The fourth-order valence-electron chi connectivity index (χ4n) is 4.07. The van der Waals surface area contributed by atoms with Gasteiger partial charge in [0.2, 0.25) is 5.91 Å². The van der Waals surface area contributed by atoms with Crippen molar-refractivity contribution in [1.29, 1.82) is 0 Å². The summed E-state index contributed by atoms with van der Waals surface area (Å²) in [5.74, 6) is -0.613. The Morgan fingerprint density at radius 2 is 2.04 bits per heavy atom. The quantitative estimate of drug-likeness (QED) is 0.760. The molecule has 0 spiro atoms. The molecular weight excluding hydrogens is 380 g/mol. The minimum Gasteiger partial charge on any atom is -0.356 e. The minimum atomic E-state index is -3.00. The van der Waals surface area contributed by atoms with Crippen molar-refractivity contribution >= 4 is 27.2 Å². The van der Waals surface area contributed by atoms with Gasteiger partial charge in [-0.25, -0.2) is 12.9 Å². The van der Waals surface area contributed by atoms with Crippen LogP contribution in [-0.2, 0) is 14.6 Å².